The van der Waals surface area contributed by atoms with Crippen LogP contribution in [0.25, 0.3) is 0 Å². The van der Waals surface area contributed by atoms with E-state index in [1.807, 2.05) is 33.8 Å². The standard InChI is InChI=1S/C21H32FNO4/c1-20(2)21(3,4)27-19(26-20)16-8-7-15(13-17(16)22)23-11-9-14(10-12-23)18(24-5)25-6/h7-8,13-14,18-19H,9-12H2,1-6H3. The lowest BCUT2D eigenvalue weighted by atomic mass is 9.90. The van der Waals surface area contributed by atoms with Crippen molar-refractivity contribution >= 4 is 5.69 Å². The Labute approximate surface area is 161 Å². The smallest absolute Gasteiger partial charge is 0.188 e. The molecule has 0 spiro atoms. The molecule has 5 nitrogen and oxygen atoms in total. The van der Waals surface area contributed by atoms with Gasteiger partial charge in [-0.1, -0.05) is 0 Å². The molecule has 3 rings (SSSR count). The van der Waals surface area contributed by atoms with E-state index in [-0.39, 0.29) is 12.1 Å². The van der Waals surface area contributed by atoms with Crippen LogP contribution in [-0.2, 0) is 18.9 Å². The van der Waals surface area contributed by atoms with E-state index in [2.05, 4.69) is 4.90 Å². The van der Waals surface area contributed by atoms with Crippen LogP contribution in [0, 0.1) is 11.7 Å². The van der Waals surface area contributed by atoms with Gasteiger partial charge in [0.2, 0.25) is 0 Å². The summed E-state index contributed by atoms with van der Waals surface area (Å²) in [5, 5.41) is 0. The average molecular weight is 381 g/mol. The topological polar surface area (TPSA) is 40.2 Å². The number of hydrogen-bond acceptors (Lipinski definition) is 5. The van der Waals surface area contributed by atoms with Gasteiger partial charge in [-0.3, -0.25) is 0 Å². The van der Waals surface area contributed by atoms with Crippen molar-refractivity contribution in [3.05, 3.63) is 29.6 Å². The van der Waals surface area contributed by atoms with Crippen molar-refractivity contribution in [1.82, 2.24) is 0 Å². The molecule has 0 aliphatic carbocycles. The van der Waals surface area contributed by atoms with Gasteiger partial charge in [-0.05, 0) is 58.7 Å². The molecular formula is C21H32FNO4. The second-order valence-electron chi connectivity index (χ2n) is 8.46. The Kier molecular flexibility index (Phi) is 5.82. The quantitative estimate of drug-likeness (QED) is 0.713. The zero-order chi connectivity index (χ0) is 19.8. The molecule has 0 bridgehead atoms. The van der Waals surface area contributed by atoms with Gasteiger partial charge in [-0.2, -0.15) is 0 Å². The zero-order valence-electron chi connectivity index (χ0n) is 17.3. The Bertz CT molecular complexity index is 636. The predicted molar refractivity (Wildman–Crippen MR) is 102 cm³/mol. The van der Waals surface area contributed by atoms with Crippen LogP contribution in [0.1, 0.15) is 52.4 Å². The monoisotopic (exact) mass is 381 g/mol. The van der Waals surface area contributed by atoms with Crippen LogP contribution < -0.4 is 4.90 Å². The molecule has 2 aliphatic heterocycles. The van der Waals surface area contributed by atoms with E-state index in [4.69, 9.17) is 18.9 Å². The first-order chi connectivity index (χ1) is 12.7. The summed E-state index contributed by atoms with van der Waals surface area (Å²) >= 11 is 0. The Balaban J connectivity index is 1.68. The minimum absolute atomic E-state index is 0.172. The molecule has 0 aromatic heterocycles. The molecule has 0 atom stereocenters. The van der Waals surface area contributed by atoms with Crippen LogP contribution >= 0.6 is 0 Å². The highest BCUT2D eigenvalue weighted by atomic mass is 19.1. The number of halogens is 1. The molecule has 0 unspecified atom stereocenters. The van der Waals surface area contributed by atoms with E-state index in [0.717, 1.165) is 31.6 Å². The molecule has 2 saturated heterocycles. The van der Waals surface area contributed by atoms with Gasteiger partial charge >= 0.3 is 0 Å². The van der Waals surface area contributed by atoms with Crippen molar-refractivity contribution in [2.24, 2.45) is 5.92 Å². The van der Waals surface area contributed by atoms with Crippen LogP contribution in [0.15, 0.2) is 18.2 Å². The maximum absolute atomic E-state index is 14.8. The van der Waals surface area contributed by atoms with Crippen molar-refractivity contribution in [3.63, 3.8) is 0 Å². The van der Waals surface area contributed by atoms with Crippen LogP contribution in [-0.4, -0.2) is 44.8 Å². The fourth-order valence-electron chi connectivity index (χ4n) is 3.78. The Morgan fingerprint density at radius 2 is 1.59 bits per heavy atom. The lowest BCUT2D eigenvalue weighted by molar-refractivity contribution is -0.141. The summed E-state index contributed by atoms with van der Waals surface area (Å²) < 4.78 is 37.6. The predicted octanol–water partition coefficient (Wildman–Crippen LogP) is 4.26. The lowest BCUT2D eigenvalue weighted by Gasteiger charge is -2.36. The molecule has 2 aliphatic rings. The van der Waals surface area contributed by atoms with Crippen molar-refractivity contribution in [3.8, 4) is 0 Å². The second-order valence-corrected chi connectivity index (χ2v) is 8.46. The first-order valence-electron chi connectivity index (χ1n) is 9.64. The molecule has 0 amide bonds. The van der Waals surface area contributed by atoms with Gasteiger partial charge in [-0.15, -0.1) is 0 Å². The number of benzene rings is 1. The molecule has 6 heteroatoms. The van der Waals surface area contributed by atoms with Gasteiger partial charge in [0, 0.05) is 44.5 Å². The molecule has 1 aromatic rings. The molecule has 1 aromatic carbocycles. The number of ether oxygens (including phenoxy) is 4. The summed E-state index contributed by atoms with van der Waals surface area (Å²) in [5.41, 5.74) is 0.372. The Morgan fingerprint density at radius 1 is 1.04 bits per heavy atom. The van der Waals surface area contributed by atoms with Crippen molar-refractivity contribution in [2.75, 3.05) is 32.2 Å². The Morgan fingerprint density at radius 3 is 2.07 bits per heavy atom. The summed E-state index contributed by atoms with van der Waals surface area (Å²) in [7, 11) is 3.34. The van der Waals surface area contributed by atoms with Gasteiger partial charge in [0.25, 0.3) is 0 Å². The number of anilines is 1. The molecular weight excluding hydrogens is 349 g/mol. The zero-order valence-corrected chi connectivity index (χ0v) is 17.3. The first-order valence-corrected chi connectivity index (χ1v) is 9.64. The van der Waals surface area contributed by atoms with Crippen LogP contribution in [0.3, 0.4) is 0 Å². The molecule has 0 N–H and O–H groups in total. The van der Waals surface area contributed by atoms with Crippen LogP contribution in [0.4, 0.5) is 10.1 Å². The average Bonchev–Trinajstić information content (AvgIpc) is 2.84. The SMILES string of the molecule is COC(OC)C1CCN(c2ccc(C3OC(C)(C)C(C)(C)O3)c(F)c2)CC1. The third-order valence-electron chi connectivity index (χ3n) is 6.25. The van der Waals surface area contributed by atoms with Crippen molar-refractivity contribution in [2.45, 2.75) is 64.3 Å². The molecule has 152 valence electrons. The summed E-state index contributed by atoms with van der Waals surface area (Å²) in [6, 6.07) is 5.32. The van der Waals surface area contributed by atoms with Gasteiger partial charge in [0.05, 0.1) is 11.2 Å². The molecule has 0 saturated carbocycles. The highest BCUT2D eigenvalue weighted by Crippen LogP contribution is 2.45. The molecule has 27 heavy (non-hydrogen) atoms. The highest BCUT2D eigenvalue weighted by Gasteiger charge is 2.50. The van der Waals surface area contributed by atoms with E-state index in [9.17, 15) is 4.39 Å². The van der Waals surface area contributed by atoms with Gasteiger partial charge < -0.3 is 23.8 Å². The highest BCUT2D eigenvalue weighted by molar-refractivity contribution is 5.49. The number of nitrogens with zero attached hydrogens (tertiary/aromatic N) is 1. The molecule has 2 heterocycles. The van der Waals surface area contributed by atoms with E-state index >= 15 is 0 Å². The second kappa shape index (κ2) is 7.66. The van der Waals surface area contributed by atoms with Crippen molar-refractivity contribution in [1.29, 1.82) is 0 Å². The maximum Gasteiger partial charge on any atom is 0.188 e. The third kappa shape index (κ3) is 3.99. The number of rotatable bonds is 5. The van der Waals surface area contributed by atoms with Gasteiger partial charge in [0.1, 0.15) is 5.82 Å². The minimum atomic E-state index is -0.682. The fourth-order valence-corrected chi connectivity index (χ4v) is 3.78. The third-order valence-corrected chi connectivity index (χ3v) is 6.25. The van der Waals surface area contributed by atoms with Crippen LogP contribution in [0.5, 0.6) is 0 Å². The first kappa shape index (κ1) is 20.5. The largest absolute Gasteiger partial charge is 0.371 e. The summed E-state index contributed by atoms with van der Waals surface area (Å²) in [4.78, 5) is 2.20. The van der Waals surface area contributed by atoms with E-state index in [1.165, 1.54) is 0 Å². The normalized spacial score (nSPS) is 23.3. The van der Waals surface area contributed by atoms with Gasteiger partial charge in [-0.25, -0.2) is 4.39 Å². The molecule has 2 fully saturated rings. The minimum Gasteiger partial charge on any atom is -0.371 e. The lowest BCUT2D eigenvalue weighted by Crippen LogP contribution is -2.41. The van der Waals surface area contributed by atoms with E-state index in [1.54, 1.807) is 26.4 Å². The molecule has 0 radical (unpaired) electrons. The van der Waals surface area contributed by atoms with Gasteiger partial charge in [0.15, 0.2) is 12.6 Å². The summed E-state index contributed by atoms with van der Waals surface area (Å²) in [6.07, 6.45) is 1.05. The summed E-state index contributed by atoms with van der Waals surface area (Å²) in [5.74, 6) is 0.0740. The maximum atomic E-state index is 14.8. The van der Waals surface area contributed by atoms with E-state index in [0.29, 0.717) is 11.5 Å². The fraction of sp³-hybridized carbons (Fsp3) is 0.714. The summed E-state index contributed by atoms with van der Waals surface area (Å²) in [6.45, 7) is 9.58. The number of piperidine rings is 1. The Hall–Kier alpha value is -1.21. The van der Waals surface area contributed by atoms with E-state index < -0.39 is 17.5 Å². The van der Waals surface area contributed by atoms with Crippen LogP contribution in [0.2, 0.25) is 0 Å². The van der Waals surface area contributed by atoms with Crippen molar-refractivity contribution < 1.29 is 23.3 Å². The number of hydrogen-bond donors (Lipinski definition) is 0. The number of methoxy groups -OCH3 is 2.